The molecule has 0 spiro atoms. The van der Waals surface area contributed by atoms with Crippen molar-refractivity contribution in [3.63, 3.8) is 0 Å². The number of carbonyl (C=O) groups is 1. The van der Waals surface area contributed by atoms with E-state index in [1.165, 1.54) is 0 Å². The van der Waals surface area contributed by atoms with Crippen molar-refractivity contribution in [3.05, 3.63) is 42.0 Å². The van der Waals surface area contributed by atoms with E-state index in [1.54, 1.807) is 0 Å². The van der Waals surface area contributed by atoms with Crippen LogP contribution < -0.4 is 4.74 Å². The van der Waals surface area contributed by atoms with Crippen LogP contribution in [0.2, 0.25) is 0 Å². The van der Waals surface area contributed by atoms with Gasteiger partial charge in [-0.1, -0.05) is 30.3 Å². The molecule has 0 aliphatic carbocycles. The molecule has 3 nitrogen and oxygen atoms in total. The lowest BCUT2D eigenvalue weighted by atomic mass is 10.0. The van der Waals surface area contributed by atoms with E-state index >= 15 is 0 Å². The molecule has 1 unspecified atom stereocenters. The quantitative estimate of drug-likeness (QED) is 0.596. The van der Waals surface area contributed by atoms with Crippen LogP contribution in [-0.2, 0) is 4.74 Å². The predicted molar refractivity (Wildman–Crippen MR) is 64.6 cm³/mol. The van der Waals surface area contributed by atoms with E-state index in [-0.39, 0.29) is 6.10 Å². The predicted octanol–water partition coefficient (Wildman–Crippen LogP) is 2.43. The monoisotopic (exact) mass is 228 g/mol. The lowest BCUT2D eigenvalue weighted by molar-refractivity contribution is 0.112. The normalized spacial score (nSPS) is 18.0. The molecular formula is C14H12O3. The van der Waals surface area contributed by atoms with Crippen LogP contribution in [-0.4, -0.2) is 25.6 Å². The van der Waals surface area contributed by atoms with Crippen molar-refractivity contribution in [1.82, 2.24) is 0 Å². The van der Waals surface area contributed by atoms with Gasteiger partial charge in [0.1, 0.15) is 18.5 Å². The van der Waals surface area contributed by atoms with E-state index in [4.69, 9.17) is 9.47 Å². The molecule has 1 fully saturated rings. The second kappa shape index (κ2) is 4.18. The van der Waals surface area contributed by atoms with Crippen LogP contribution in [0.5, 0.6) is 5.75 Å². The third-order valence-electron chi connectivity index (χ3n) is 2.88. The van der Waals surface area contributed by atoms with Gasteiger partial charge in [0.25, 0.3) is 0 Å². The van der Waals surface area contributed by atoms with Crippen LogP contribution in [0.1, 0.15) is 10.4 Å². The number of hydrogen-bond acceptors (Lipinski definition) is 3. The summed E-state index contributed by atoms with van der Waals surface area (Å²) in [5, 5.41) is 1.97. The van der Waals surface area contributed by atoms with Crippen LogP contribution >= 0.6 is 0 Å². The van der Waals surface area contributed by atoms with Gasteiger partial charge in [-0.25, -0.2) is 0 Å². The van der Waals surface area contributed by atoms with E-state index in [1.807, 2.05) is 36.4 Å². The Morgan fingerprint density at radius 1 is 1.29 bits per heavy atom. The Balaban J connectivity index is 2.01. The Morgan fingerprint density at radius 2 is 2.12 bits per heavy atom. The summed E-state index contributed by atoms with van der Waals surface area (Å²) >= 11 is 0. The maximum absolute atomic E-state index is 11.2. The average molecular weight is 228 g/mol. The van der Waals surface area contributed by atoms with Crippen LogP contribution in [0.25, 0.3) is 10.8 Å². The van der Waals surface area contributed by atoms with Crippen molar-refractivity contribution in [2.45, 2.75) is 6.10 Å². The van der Waals surface area contributed by atoms with Crippen molar-refractivity contribution >= 4 is 17.1 Å². The highest BCUT2D eigenvalue weighted by atomic mass is 16.6. The third-order valence-corrected chi connectivity index (χ3v) is 2.88. The first-order chi connectivity index (χ1) is 8.38. The smallest absolute Gasteiger partial charge is 0.154 e. The molecule has 1 heterocycles. The van der Waals surface area contributed by atoms with Crippen LogP contribution in [0.4, 0.5) is 0 Å². The topological polar surface area (TPSA) is 38.8 Å². The van der Waals surface area contributed by atoms with Crippen LogP contribution in [0, 0.1) is 0 Å². The summed E-state index contributed by atoms with van der Waals surface area (Å²) in [5.74, 6) is 0.634. The molecule has 2 aromatic carbocycles. The van der Waals surface area contributed by atoms with Gasteiger partial charge in [-0.15, -0.1) is 0 Å². The van der Waals surface area contributed by atoms with E-state index in [0.717, 1.165) is 23.7 Å². The first kappa shape index (κ1) is 10.3. The van der Waals surface area contributed by atoms with E-state index in [9.17, 15) is 4.79 Å². The number of epoxide rings is 1. The van der Waals surface area contributed by atoms with Crippen LogP contribution in [0.3, 0.4) is 0 Å². The van der Waals surface area contributed by atoms with Crippen molar-refractivity contribution in [3.8, 4) is 5.75 Å². The first-order valence-corrected chi connectivity index (χ1v) is 5.60. The molecule has 0 N–H and O–H groups in total. The number of aldehydes is 1. The zero-order chi connectivity index (χ0) is 11.7. The van der Waals surface area contributed by atoms with E-state index in [2.05, 4.69) is 0 Å². The highest BCUT2D eigenvalue weighted by Crippen LogP contribution is 2.27. The second-order valence-corrected chi connectivity index (χ2v) is 4.08. The summed E-state index contributed by atoms with van der Waals surface area (Å²) < 4.78 is 10.7. The standard InChI is InChI=1S/C14H12O3/c15-7-13-12-4-2-1-3-10(12)5-6-14(13)17-9-11-8-16-11/h1-7,11H,8-9H2. The largest absolute Gasteiger partial charge is 0.490 e. The Kier molecular flexibility index (Phi) is 2.53. The maximum atomic E-state index is 11.2. The fourth-order valence-corrected chi connectivity index (χ4v) is 1.87. The van der Waals surface area contributed by atoms with Gasteiger partial charge in [-0.2, -0.15) is 0 Å². The molecule has 0 bridgehead atoms. The number of fused-ring (bicyclic) bond motifs is 1. The molecule has 2 aromatic rings. The van der Waals surface area contributed by atoms with Gasteiger partial charge in [-0.3, -0.25) is 4.79 Å². The molecule has 3 rings (SSSR count). The summed E-state index contributed by atoms with van der Waals surface area (Å²) in [4.78, 5) is 11.2. The fraction of sp³-hybridized carbons (Fsp3) is 0.214. The molecule has 0 aromatic heterocycles. The zero-order valence-corrected chi connectivity index (χ0v) is 9.26. The molecule has 3 heteroatoms. The first-order valence-electron chi connectivity index (χ1n) is 5.60. The SMILES string of the molecule is O=Cc1c(OCC2CO2)ccc2ccccc12. The number of hydrogen-bond donors (Lipinski definition) is 0. The van der Waals surface area contributed by atoms with Gasteiger partial charge >= 0.3 is 0 Å². The number of benzene rings is 2. The Labute approximate surface area is 99.0 Å². The summed E-state index contributed by atoms with van der Waals surface area (Å²) in [7, 11) is 0. The molecule has 0 saturated carbocycles. The minimum absolute atomic E-state index is 0.195. The minimum Gasteiger partial charge on any atom is -0.490 e. The average Bonchev–Trinajstić information content (AvgIpc) is 3.19. The van der Waals surface area contributed by atoms with Gasteiger partial charge in [0.15, 0.2) is 6.29 Å². The van der Waals surface area contributed by atoms with Gasteiger partial charge < -0.3 is 9.47 Å². The summed E-state index contributed by atoms with van der Waals surface area (Å²) in [6, 6.07) is 11.6. The van der Waals surface area contributed by atoms with Crippen molar-refractivity contribution in [1.29, 1.82) is 0 Å². The van der Waals surface area contributed by atoms with Crippen molar-refractivity contribution in [2.24, 2.45) is 0 Å². The summed E-state index contributed by atoms with van der Waals surface area (Å²) in [6.07, 6.45) is 1.05. The van der Waals surface area contributed by atoms with Gasteiger partial charge in [0.05, 0.1) is 12.2 Å². The molecule has 1 aliphatic rings. The highest BCUT2D eigenvalue weighted by Gasteiger charge is 2.23. The molecule has 1 atom stereocenters. The molecule has 1 aliphatic heterocycles. The lowest BCUT2D eigenvalue weighted by Gasteiger charge is -2.09. The summed E-state index contributed by atoms with van der Waals surface area (Å²) in [6.45, 7) is 1.27. The van der Waals surface area contributed by atoms with Crippen molar-refractivity contribution < 1.29 is 14.3 Å². The van der Waals surface area contributed by atoms with Gasteiger partial charge in [0, 0.05) is 0 Å². The highest BCUT2D eigenvalue weighted by molar-refractivity contribution is 6.00. The van der Waals surface area contributed by atoms with Gasteiger partial charge in [-0.05, 0) is 16.8 Å². The molecule has 0 amide bonds. The van der Waals surface area contributed by atoms with E-state index < -0.39 is 0 Å². The zero-order valence-electron chi connectivity index (χ0n) is 9.26. The number of ether oxygens (including phenoxy) is 2. The minimum atomic E-state index is 0.195. The van der Waals surface area contributed by atoms with Gasteiger partial charge in [0.2, 0.25) is 0 Å². The lowest BCUT2D eigenvalue weighted by Crippen LogP contribution is -2.05. The van der Waals surface area contributed by atoms with E-state index in [0.29, 0.717) is 17.9 Å². The van der Waals surface area contributed by atoms with Crippen molar-refractivity contribution in [2.75, 3.05) is 13.2 Å². The maximum Gasteiger partial charge on any atom is 0.154 e. The number of carbonyl (C=O) groups excluding carboxylic acids is 1. The molecule has 86 valence electrons. The number of rotatable bonds is 4. The Hall–Kier alpha value is -1.87. The Bertz CT molecular complexity index is 558. The molecule has 17 heavy (non-hydrogen) atoms. The van der Waals surface area contributed by atoms with Crippen LogP contribution in [0.15, 0.2) is 36.4 Å². The third kappa shape index (κ3) is 2.01. The fourth-order valence-electron chi connectivity index (χ4n) is 1.87. The Morgan fingerprint density at radius 3 is 2.88 bits per heavy atom. The molecular weight excluding hydrogens is 216 g/mol. The second-order valence-electron chi connectivity index (χ2n) is 4.08. The molecule has 1 saturated heterocycles. The molecule has 0 radical (unpaired) electrons. The summed E-state index contributed by atoms with van der Waals surface area (Å²) in [5.41, 5.74) is 0.615.